The first-order valence-corrected chi connectivity index (χ1v) is 5.13. The van der Waals surface area contributed by atoms with Gasteiger partial charge in [-0.15, -0.1) is 6.58 Å². The van der Waals surface area contributed by atoms with Crippen LogP contribution in [0.2, 0.25) is 0 Å². The highest BCUT2D eigenvalue weighted by molar-refractivity contribution is 5.75. The van der Waals surface area contributed by atoms with Gasteiger partial charge >= 0.3 is 0 Å². The van der Waals surface area contributed by atoms with Crippen molar-refractivity contribution in [2.24, 2.45) is 0 Å². The third kappa shape index (κ3) is 3.98. The number of ether oxygens (including phenoxy) is 1. The Kier molecular flexibility index (Phi) is 5.23. The monoisotopic (exact) mass is 204 g/mol. The van der Waals surface area contributed by atoms with Crippen molar-refractivity contribution in [3.63, 3.8) is 0 Å². The Hall–Kier alpha value is -1.57. The van der Waals surface area contributed by atoms with Crippen LogP contribution in [0.1, 0.15) is 19.3 Å². The SMILES string of the molecule is C=CCCCC=C(C=O)C1C=CC=CO1. The number of aldehydes is 1. The fraction of sp³-hybridized carbons (Fsp3) is 0.308. The number of carbonyl (C=O) groups excluding carboxylic acids is 1. The molecular formula is C13H16O2. The molecule has 1 rings (SSSR count). The molecule has 1 unspecified atom stereocenters. The van der Waals surface area contributed by atoms with Gasteiger partial charge in [-0.3, -0.25) is 4.79 Å². The molecule has 2 heteroatoms. The van der Waals surface area contributed by atoms with Crippen molar-refractivity contribution >= 4 is 6.29 Å². The predicted octanol–water partition coefficient (Wildman–Crippen LogP) is 2.94. The van der Waals surface area contributed by atoms with Gasteiger partial charge in [0.2, 0.25) is 0 Å². The molecule has 1 aliphatic rings. The normalized spacial score (nSPS) is 19.7. The lowest BCUT2D eigenvalue weighted by Gasteiger charge is -2.14. The Morgan fingerprint density at radius 3 is 2.87 bits per heavy atom. The summed E-state index contributed by atoms with van der Waals surface area (Å²) in [5.74, 6) is 0. The minimum Gasteiger partial charge on any atom is -0.489 e. The lowest BCUT2D eigenvalue weighted by atomic mass is 10.1. The summed E-state index contributed by atoms with van der Waals surface area (Å²) in [5.41, 5.74) is 0.694. The smallest absolute Gasteiger partial charge is 0.149 e. The van der Waals surface area contributed by atoms with Gasteiger partial charge < -0.3 is 4.74 Å². The van der Waals surface area contributed by atoms with Crippen LogP contribution in [0.25, 0.3) is 0 Å². The van der Waals surface area contributed by atoms with Crippen LogP contribution < -0.4 is 0 Å². The molecule has 80 valence electrons. The predicted molar refractivity (Wildman–Crippen MR) is 61.3 cm³/mol. The maximum Gasteiger partial charge on any atom is 0.149 e. The fourth-order valence-corrected chi connectivity index (χ4v) is 1.34. The van der Waals surface area contributed by atoms with E-state index in [2.05, 4.69) is 6.58 Å². The second-order valence-electron chi connectivity index (χ2n) is 3.31. The van der Waals surface area contributed by atoms with Crippen molar-refractivity contribution in [3.8, 4) is 0 Å². The molecule has 0 saturated carbocycles. The second kappa shape index (κ2) is 6.82. The minimum absolute atomic E-state index is 0.212. The molecule has 1 aliphatic heterocycles. The summed E-state index contributed by atoms with van der Waals surface area (Å²) in [7, 11) is 0. The lowest BCUT2D eigenvalue weighted by molar-refractivity contribution is -0.105. The van der Waals surface area contributed by atoms with E-state index in [-0.39, 0.29) is 6.10 Å². The van der Waals surface area contributed by atoms with Gasteiger partial charge in [-0.1, -0.05) is 18.2 Å². The topological polar surface area (TPSA) is 26.3 Å². The number of hydrogen-bond donors (Lipinski definition) is 0. The third-order valence-electron chi connectivity index (χ3n) is 2.16. The molecule has 0 aliphatic carbocycles. The summed E-state index contributed by atoms with van der Waals surface area (Å²) in [5, 5.41) is 0. The van der Waals surface area contributed by atoms with Crippen LogP contribution in [0.3, 0.4) is 0 Å². The van der Waals surface area contributed by atoms with E-state index in [1.54, 1.807) is 12.3 Å². The van der Waals surface area contributed by atoms with Gasteiger partial charge in [0.1, 0.15) is 12.4 Å². The summed E-state index contributed by atoms with van der Waals surface area (Å²) in [6.07, 6.45) is 14.5. The van der Waals surface area contributed by atoms with Gasteiger partial charge in [-0.25, -0.2) is 0 Å². The van der Waals surface area contributed by atoms with Crippen molar-refractivity contribution in [1.82, 2.24) is 0 Å². The van der Waals surface area contributed by atoms with E-state index in [0.29, 0.717) is 5.57 Å². The van der Waals surface area contributed by atoms with Crippen LogP contribution in [0.5, 0.6) is 0 Å². The highest BCUT2D eigenvalue weighted by Crippen LogP contribution is 2.12. The van der Waals surface area contributed by atoms with Gasteiger partial charge in [0.05, 0.1) is 6.26 Å². The lowest BCUT2D eigenvalue weighted by Crippen LogP contribution is -2.12. The molecule has 1 heterocycles. The van der Waals surface area contributed by atoms with Gasteiger partial charge in [0.25, 0.3) is 0 Å². The molecule has 0 aromatic rings. The van der Waals surface area contributed by atoms with Gasteiger partial charge in [-0.2, -0.15) is 0 Å². The summed E-state index contributed by atoms with van der Waals surface area (Å²) < 4.78 is 5.30. The van der Waals surface area contributed by atoms with E-state index in [9.17, 15) is 4.79 Å². The van der Waals surface area contributed by atoms with E-state index in [1.165, 1.54) is 0 Å². The van der Waals surface area contributed by atoms with E-state index < -0.39 is 0 Å². The van der Waals surface area contributed by atoms with E-state index >= 15 is 0 Å². The van der Waals surface area contributed by atoms with Crippen LogP contribution >= 0.6 is 0 Å². The van der Waals surface area contributed by atoms with E-state index in [0.717, 1.165) is 25.5 Å². The van der Waals surface area contributed by atoms with E-state index in [1.807, 2.05) is 24.3 Å². The van der Waals surface area contributed by atoms with Crippen molar-refractivity contribution < 1.29 is 9.53 Å². The minimum atomic E-state index is -0.212. The van der Waals surface area contributed by atoms with Gasteiger partial charge in [0, 0.05) is 5.57 Å². The molecular weight excluding hydrogens is 188 g/mol. The first-order valence-electron chi connectivity index (χ1n) is 5.13. The highest BCUT2D eigenvalue weighted by atomic mass is 16.5. The largest absolute Gasteiger partial charge is 0.489 e. The standard InChI is InChI=1S/C13H16O2/c1-2-3-4-5-8-12(11-14)13-9-6-7-10-15-13/h2,6-11,13H,1,3-5H2. The van der Waals surface area contributed by atoms with Crippen LogP contribution in [-0.2, 0) is 9.53 Å². The molecule has 0 spiro atoms. The molecule has 2 nitrogen and oxygen atoms in total. The summed E-state index contributed by atoms with van der Waals surface area (Å²) in [4.78, 5) is 10.8. The Balaban J connectivity index is 2.46. The fourth-order valence-electron chi connectivity index (χ4n) is 1.34. The molecule has 0 saturated heterocycles. The number of allylic oxidation sites excluding steroid dienone is 4. The molecule has 0 bridgehead atoms. The zero-order valence-corrected chi connectivity index (χ0v) is 8.76. The summed E-state index contributed by atoms with van der Waals surface area (Å²) in [6.45, 7) is 3.65. The molecule has 1 atom stereocenters. The molecule has 0 radical (unpaired) electrons. The zero-order valence-electron chi connectivity index (χ0n) is 8.76. The molecule has 0 fully saturated rings. The molecule has 0 aromatic heterocycles. The van der Waals surface area contributed by atoms with Crippen molar-refractivity contribution in [2.45, 2.75) is 25.4 Å². The van der Waals surface area contributed by atoms with Gasteiger partial charge in [0.15, 0.2) is 0 Å². The molecule has 0 N–H and O–H groups in total. The Morgan fingerprint density at radius 1 is 1.40 bits per heavy atom. The molecule has 0 amide bonds. The van der Waals surface area contributed by atoms with Gasteiger partial charge in [-0.05, 0) is 31.4 Å². The van der Waals surface area contributed by atoms with Crippen LogP contribution in [-0.4, -0.2) is 12.4 Å². The third-order valence-corrected chi connectivity index (χ3v) is 2.16. The van der Waals surface area contributed by atoms with Crippen molar-refractivity contribution in [3.05, 3.63) is 48.8 Å². The first kappa shape index (κ1) is 11.5. The Morgan fingerprint density at radius 2 is 2.27 bits per heavy atom. The Bertz CT molecular complexity index is 298. The first-order chi connectivity index (χ1) is 7.38. The van der Waals surface area contributed by atoms with E-state index in [4.69, 9.17) is 4.74 Å². The summed E-state index contributed by atoms with van der Waals surface area (Å²) in [6, 6.07) is 0. The average Bonchev–Trinajstić information content (AvgIpc) is 2.30. The molecule has 0 aromatic carbocycles. The summed E-state index contributed by atoms with van der Waals surface area (Å²) >= 11 is 0. The van der Waals surface area contributed by atoms with Crippen molar-refractivity contribution in [1.29, 1.82) is 0 Å². The van der Waals surface area contributed by atoms with Crippen LogP contribution in [0.15, 0.2) is 48.8 Å². The van der Waals surface area contributed by atoms with Crippen LogP contribution in [0, 0.1) is 0 Å². The molecule has 15 heavy (non-hydrogen) atoms. The Labute approximate surface area is 90.6 Å². The second-order valence-corrected chi connectivity index (χ2v) is 3.31. The van der Waals surface area contributed by atoms with Crippen molar-refractivity contribution in [2.75, 3.05) is 0 Å². The average molecular weight is 204 g/mol. The quantitative estimate of drug-likeness (QED) is 0.288. The maximum atomic E-state index is 10.8. The maximum absolute atomic E-state index is 10.8. The number of hydrogen-bond acceptors (Lipinski definition) is 2. The number of carbonyl (C=O) groups is 1. The highest BCUT2D eigenvalue weighted by Gasteiger charge is 2.11. The zero-order chi connectivity index (χ0) is 10.9. The van der Waals surface area contributed by atoms with Crippen LogP contribution in [0.4, 0.5) is 0 Å². The number of rotatable bonds is 6. The number of unbranched alkanes of at least 4 members (excludes halogenated alkanes) is 2.